The van der Waals surface area contributed by atoms with E-state index in [1.165, 1.54) is 12.5 Å². The molecule has 0 aliphatic rings. The third-order valence-electron chi connectivity index (χ3n) is 1.40. The van der Waals surface area contributed by atoms with Gasteiger partial charge in [-0.15, -0.1) is 0 Å². The number of amides is 1. The average Bonchev–Trinajstić information content (AvgIpc) is 2.16. The molecule has 0 bridgehead atoms. The smallest absolute Gasteiger partial charge is 0.286 e. The molecule has 1 rings (SSSR count). The van der Waals surface area contributed by atoms with Crippen LogP contribution >= 0.6 is 15.9 Å². The van der Waals surface area contributed by atoms with Gasteiger partial charge in [0.1, 0.15) is 12.0 Å². The van der Waals surface area contributed by atoms with Gasteiger partial charge < -0.3 is 0 Å². The van der Waals surface area contributed by atoms with Crippen molar-refractivity contribution in [3.05, 3.63) is 22.7 Å². The van der Waals surface area contributed by atoms with Crippen molar-refractivity contribution in [3.8, 4) is 0 Å². The maximum atomic E-state index is 11.4. The molecule has 1 amide bonds. The maximum absolute atomic E-state index is 11.4. The number of aromatic nitrogens is 2. The predicted octanol–water partition coefficient (Wildman–Crippen LogP) is 1.09. The van der Waals surface area contributed by atoms with Gasteiger partial charge in [0.15, 0.2) is 0 Å². The van der Waals surface area contributed by atoms with Crippen molar-refractivity contribution >= 4 is 21.8 Å². The van der Waals surface area contributed by atoms with Crippen molar-refractivity contribution in [2.75, 3.05) is 6.54 Å². The normalized spacial score (nSPS) is 9.77. The van der Waals surface area contributed by atoms with E-state index in [-0.39, 0.29) is 12.2 Å². The largest absolute Gasteiger partial charge is 0.297 e. The summed E-state index contributed by atoms with van der Waals surface area (Å²) in [4.78, 5) is 18.8. The van der Waals surface area contributed by atoms with Crippen molar-refractivity contribution in [1.29, 1.82) is 0 Å². The van der Waals surface area contributed by atoms with E-state index in [1.807, 2.05) is 0 Å². The summed E-state index contributed by atoms with van der Waals surface area (Å²) in [7, 11) is 0. The van der Waals surface area contributed by atoms with Gasteiger partial charge in [0.05, 0.1) is 4.47 Å². The number of rotatable bonds is 2. The second-order valence-electron chi connectivity index (χ2n) is 2.24. The standard InChI is InChI=1S/C7H8BrN3O2/c1-2-11(13)7(12)6-5(8)3-9-4-10-6/h3-4,13H,2H2,1H3. The first-order valence-corrected chi connectivity index (χ1v) is 4.42. The van der Waals surface area contributed by atoms with Crippen LogP contribution in [0.1, 0.15) is 17.4 Å². The van der Waals surface area contributed by atoms with Gasteiger partial charge in [-0.25, -0.2) is 15.0 Å². The van der Waals surface area contributed by atoms with Gasteiger partial charge in [-0.3, -0.25) is 10.0 Å². The maximum Gasteiger partial charge on any atom is 0.297 e. The van der Waals surface area contributed by atoms with Gasteiger partial charge in [0.25, 0.3) is 5.91 Å². The topological polar surface area (TPSA) is 66.3 Å². The van der Waals surface area contributed by atoms with Crippen molar-refractivity contribution < 1.29 is 10.0 Å². The highest BCUT2D eigenvalue weighted by molar-refractivity contribution is 9.10. The molecule has 0 aliphatic heterocycles. The van der Waals surface area contributed by atoms with Gasteiger partial charge in [-0.05, 0) is 22.9 Å². The van der Waals surface area contributed by atoms with E-state index in [9.17, 15) is 4.79 Å². The summed E-state index contributed by atoms with van der Waals surface area (Å²) in [6, 6.07) is 0. The van der Waals surface area contributed by atoms with E-state index in [4.69, 9.17) is 5.21 Å². The summed E-state index contributed by atoms with van der Waals surface area (Å²) < 4.78 is 0.465. The molecule has 0 atom stereocenters. The highest BCUT2D eigenvalue weighted by Gasteiger charge is 2.16. The fourth-order valence-corrected chi connectivity index (χ4v) is 1.13. The summed E-state index contributed by atoms with van der Waals surface area (Å²) in [5.74, 6) is -0.545. The van der Waals surface area contributed by atoms with Crippen molar-refractivity contribution in [3.63, 3.8) is 0 Å². The summed E-state index contributed by atoms with van der Waals surface area (Å²) in [5.41, 5.74) is 0.152. The summed E-state index contributed by atoms with van der Waals surface area (Å²) in [6.07, 6.45) is 2.70. The second-order valence-corrected chi connectivity index (χ2v) is 3.09. The SMILES string of the molecule is CCN(O)C(=O)c1ncncc1Br. The number of carbonyl (C=O) groups is 1. The van der Waals surface area contributed by atoms with Crippen LogP contribution in [0.3, 0.4) is 0 Å². The molecule has 1 heterocycles. The van der Waals surface area contributed by atoms with Gasteiger partial charge in [0.2, 0.25) is 0 Å². The molecule has 5 nitrogen and oxygen atoms in total. The number of halogens is 1. The Hall–Kier alpha value is -1.01. The fourth-order valence-electron chi connectivity index (χ4n) is 0.736. The Labute approximate surface area is 83.5 Å². The zero-order valence-corrected chi connectivity index (χ0v) is 8.52. The minimum atomic E-state index is -0.545. The summed E-state index contributed by atoms with van der Waals surface area (Å²) in [6.45, 7) is 1.88. The number of hydrogen-bond acceptors (Lipinski definition) is 4. The molecule has 0 aliphatic carbocycles. The minimum absolute atomic E-state index is 0.152. The molecule has 1 N–H and O–H groups in total. The highest BCUT2D eigenvalue weighted by Crippen LogP contribution is 2.13. The zero-order valence-electron chi connectivity index (χ0n) is 6.94. The number of hydrogen-bond donors (Lipinski definition) is 1. The van der Waals surface area contributed by atoms with Crippen LogP contribution in [0.15, 0.2) is 17.0 Å². The fraction of sp³-hybridized carbons (Fsp3) is 0.286. The molecular weight excluding hydrogens is 238 g/mol. The van der Waals surface area contributed by atoms with Crippen molar-refractivity contribution in [1.82, 2.24) is 15.0 Å². The molecule has 1 aromatic rings. The first-order valence-electron chi connectivity index (χ1n) is 3.63. The van der Waals surface area contributed by atoms with Crippen molar-refractivity contribution in [2.24, 2.45) is 0 Å². The van der Waals surface area contributed by atoms with Gasteiger partial charge >= 0.3 is 0 Å². The lowest BCUT2D eigenvalue weighted by Gasteiger charge is -2.11. The van der Waals surface area contributed by atoms with Crippen LogP contribution < -0.4 is 0 Å². The molecule has 1 aromatic heterocycles. The van der Waals surface area contributed by atoms with E-state index in [1.54, 1.807) is 6.92 Å². The first kappa shape index (κ1) is 10.1. The van der Waals surface area contributed by atoms with Gasteiger partial charge in [-0.2, -0.15) is 0 Å². The molecule has 0 spiro atoms. The Kier molecular flexibility index (Phi) is 3.32. The quantitative estimate of drug-likeness (QED) is 0.626. The summed E-state index contributed by atoms with van der Waals surface area (Å²) in [5, 5.41) is 9.70. The molecule has 6 heteroatoms. The Balaban J connectivity index is 2.95. The molecule has 0 aromatic carbocycles. The van der Waals surface area contributed by atoms with E-state index >= 15 is 0 Å². The van der Waals surface area contributed by atoms with Crippen LogP contribution in [0, 0.1) is 0 Å². The van der Waals surface area contributed by atoms with Crippen LogP contribution in [0.4, 0.5) is 0 Å². The molecular formula is C7H8BrN3O2. The molecule has 13 heavy (non-hydrogen) atoms. The lowest BCUT2D eigenvalue weighted by Crippen LogP contribution is -2.28. The molecule has 70 valence electrons. The van der Waals surface area contributed by atoms with Crippen LogP contribution in [-0.4, -0.2) is 32.7 Å². The lowest BCUT2D eigenvalue weighted by molar-refractivity contribution is -0.0546. The van der Waals surface area contributed by atoms with Gasteiger partial charge in [-0.1, -0.05) is 0 Å². The van der Waals surface area contributed by atoms with E-state index in [0.717, 1.165) is 0 Å². The Morgan fingerprint density at radius 3 is 3.00 bits per heavy atom. The summed E-state index contributed by atoms with van der Waals surface area (Å²) >= 11 is 3.11. The molecule has 0 saturated carbocycles. The van der Waals surface area contributed by atoms with Crippen LogP contribution in [0.2, 0.25) is 0 Å². The molecule has 0 unspecified atom stereocenters. The highest BCUT2D eigenvalue weighted by atomic mass is 79.9. The van der Waals surface area contributed by atoms with Crippen LogP contribution in [-0.2, 0) is 0 Å². The monoisotopic (exact) mass is 245 g/mol. The minimum Gasteiger partial charge on any atom is -0.286 e. The molecule has 0 radical (unpaired) electrons. The molecule has 0 saturated heterocycles. The van der Waals surface area contributed by atoms with E-state index < -0.39 is 5.91 Å². The van der Waals surface area contributed by atoms with Crippen LogP contribution in [0.25, 0.3) is 0 Å². The van der Waals surface area contributed by atoms with E-state index in [2.05, 4.69) is 25.9 Å². The Bertz CT molecular complexity index is 318. The second kappa shape index (κ2) is 4.29. The number of nitrogens with zero attached hydrogens (tertiary/aromatic N) is 3. The number of carbonyl (C=O) groups excluding carboxylic acids is 1. The van der Waals surface area contributed by atoms with Crippen molar-refractivity contribution in [2.45, 2.75) is 6.92 Å². The van der Waals surface area contributed by atoms with Gasteiger partial charge in [0, 0.05) is 12.7 Å². The first-order chi connectivity index (χ1) is 6.16. The van der Waals surface area contributed by atoms with E-state index in [0.29, 0.717) is 9.54 Å². The third-order valence-corrected chi connectivity index (χ3v) is 1.98. The predicted molar refractivity (Wildman–Crippen MR) is 48.2 cm³/mol. The van der Waals surface area contributed by atoms with Crippen LogP contribution in [0.5, 0.6) is 0 Å². The number of hydroxylamine groups is 2. The zero-order chi connectivity index (χ0) is 9.84. The Morgan fingerprint density at radius 2 is 2.46 bits per heavy atom. The Morgan fingerprint density at radius 1 is 1.77 bits per heavy atom. The average molecular weight is 246 g/mol. The lowest BCUT2D eigenvalue weighted by atomic mass is 10.4. The molecule has 0 fully saturated rings. The third kappa shape index (κ3) is 2.22.